The molecule has 1 N–H and O–H groups in total. The summed E-state index contributed by atoms with van der Waals surface area (Å²) in [6.07, 6.45) is 0. The van der Waals surface area contributed by atoms with E-state index in [0.717, 1.165) is 0 Å². The lowest BCUT2D eigenvalue weighted by atomic mass is 9.84. The number of halogens is 1. The number of pyridine rings is 1. The molecule has 2 heterocycles. The summed E-state index contributed by atoms with van der Waals surface area (Å²) in [6, 6.07) is 2.77. The van der Waals surface area contributed by atoms with E-state index in [4.69, 9.17) is 14.4 Å². The van der Waals surface area contributed by atoms with Crippen LogP contribution < -0.4 is 5.59 Å². The first-order chi connectivity index (χ1) is 8.27. The summed E-state index contributed by atoms with van der Waals surface area (Å²) in [4.78, 5) is 4.03. The van der Waals surface area contributed by atoms with Crippen LogP contribution in [-0.4, -0.2) is 28.4 Å². The summed E-state index contributed by atoms with van der Waals surface area (Å²) < 4.78 is 24.9. The topological polar surface area (TPSA) is 51.6 Å². The molecule has 2 rings (SSSR count). The fourth-order valence-corrected chi connectivity index (χ4v) is 1.71. The molecule has 0 atom stereocenters. The molecule has 0 aliphatic carbocycles. The second kappa shape index (κ2) is 4.29. The standard InChI is InChI=1S/C12H17BFNO3/c1-11(2)12(3,4)18-13(17-11)10-6-5-8(14)9(7-16)15-10/h5-6,16H,7H2,1-4H3. The largest absolute Gasteiger partial charge is 0.514 e. The van der Waals surface area contributed by atoms with Gasteiger partial charge in [0.05, 0.1) is 23.4 Å². The second-order valence-corrected chi connectivity index (χ2v) is 5.41. The lowest BCUT2D eigenvalue weighted by Gasteiger charge is -2.32. The van der Waals surface area contributed by atoms with Crippen molar-refractivity contribution < 1.29 is 18.8 Å². The van der Waals surface area contributed by atoms with E-state index >= 15 is 0 Å². The fourth-order valence-electron chi connectivity index (χ4n) is 1.71. The number of aliphatic hydroxyl groups is 1. The molecular weight excluding hydrogens is 236 g/mol. The highest BCUT2D eigenvalue weighted by molar-refractivity contribution is 6.61. The van der Waals surface area contributed by atoms with Crippen molar-refractivity contribution in [2.45, 2.75) is 45.5 Å². The van der Waals surface area contributed by atoms with Crippen molar-refractivity contribution in [1.29, 1.82) is 0 Å². The Morgan fingerprint density at radius 3 is 2.28 bits per heavy atom. The van der Waals surface area contributed by atoms with Crippen molar-refractivity contribution in [3.63, 3.8) is 0 Å². The SMILES string of the molecule is CC1(C)OB(c2ccc(F)c(CO)n2)OC1(C)C. The molecule has 1 aliphatic rings. The van der Waals surface area contributed by atoms with E-state index in [-0.39, 0.29) is 5.69 Å². The van der Waals surface area contributed by atoms with Gasteiger partial charge in [-0.3, -0.25) is 4.98 Å². The van der Waals surface area contributed by atoms with Gasteiger partial charge in [0.15, 0.2) is 0 Å². The average molecular weight is 253 g/mol. The van der Waals surface area contributed by atoms with Gasteiger partial charge in [0.1, 0.15) is 11.5 Å². The van der Waals surface area contributed by atoms with Gasteiger partial charge in [-0.15, -0.1) is 0 Å². The monoisotopic (exact) mass is 253 g/mol. The van der Waals surface area contributed by atoms with Crippen LogP contribution in [0.25, 0.3) is 0 Å². The maximum atomic E-state index is 13.3. The number of aromatic nitrogens is 1. The third-order valence-electron chi connectivity index (χ3n) is 3.58. The molecule has 0 aromatic carbocycles. The van der Waals surface area contributed by atoms with E-state index in [1.54, 1.807) is 0 Å². The molecule has 1 aromatic rings. The van der Waals surface area contributed by atoms with E-state index in [2.05, 4.69) is 4.98 Å². The number of rotatable bonds is 2. The summed E-state index contributed by atoms with van der Waals surface area (Å²) in [5.41, 5.74) is -0.457. The van der Waals surface area contributed by atoms with Crippen LogP contribution in [0.5, 0.6) is 0 Å². The average Bonchev–Trinajstić information content (AvgIpc) is 2.49. The van der Waals surface area contributed by atoms with Crippen molar-refractivity contribution in [1.82, 2.24) is 4.98 Å². The van der Waals surface area contributed by atoms with Crippen LogP contribution in [0.4, 0.5) is 4.39 Å². The second-order valence-electron chi connectivity index (χ2n) is 5.41. The first kappa shape index (κ1) is 13.5. The summed E-state index contributed by atoms with van der Waals surface area (Å²) in [5, 5.41) is 9.01. The van der Waals surface area contributed by atoms with Gasteiger partial charge in [-0.2, -0.15) is 0 Å². The molecule has 0 bridgehead atoms. The minimum atomic E-state index is -0.638. The molecule has 0 spiro atoms. The lowest BCUT2D eigenvalue weighted by molar-refractivity contribution is 0.00578. The summed E-state index contributed by atoms with van der Waals surface area (Å²) in [7, 11) is -0.638. The van der Waals surface area contributed by atoms with Crippen molar-refractivity contribution >= 4 is 12.7 Å². The van der Waals surface area contributed by atoms with Gasteiger partial charge >= 0.3 is 7.12 Å². The van der Waals surface area contributed by atoms with Crippen LogP contribution in [-0.2, 0) is 15.9 Å². The van der Waals surface area contributed by atoms with E-state index < -0.39 is 30.7 Å². The van der Waals surface area contributed by atoms with E-state index in [1.807, 2.05) is 27.7 Å². The fraction of sp³-hybridized carbons (Fsp3) is 0.583. The molecule has 0 saturated carbocycles. The van der Waals surface area contributed by atoms with Gasteiger partial charge in [-0.05, 0) is 39.8 Å². The highest BCUT2D eigenvalue weighted by Gasteiger charge is 2.52. The molecule has 4 nitrogen and oxygen atoms in total. The molecule has 1 fully saturated rings. The Labute approximate surface area is 106 Å². The molecule has 0 radical (unpaired) electrons. The van der Waals surface area contributed by atoms with Crippen LogP contribution in [0.1, 0.15) is 33.4 Å². The molecule has 1 saturated heterocycles. The molecular formula is C12H17BFNO3. The summed E-state index contributed by atoms with van der Waals surface area (Å²) >= 11 is 0. The van der Waals surface area contributed by atoms with Crippen molar-refractivity contribution in [3.8, 4) is 0 Å². The maximum absolute atomic E-state index is 13.3. The predicted octanol–water partition coefficient (Wildman–Crippen LogP) is 1.01. The van der Waals surface area contributed by atoms with Crippen molar-refractivity contribution in [3.05, 3.63) is 23.6 Å². The quantitative estimate of drug-likeness (QED) is 0.799. The lowest BCUT2D eigenvalue weighted by Crippen LogP contribution is -2.41. The van der Waals surface area contributed by atoms with Gasteiger partial charge in [-0.1, -0.05) is 0 Å². The number of aliphatic hydroxyl groups excluding tert-OH is 1. The summed E-state index contributed by atoms with van der Waals surface area (Å²) in [6.45, 7) is 7.29. The Morgan fingerprint density at radius 1 is 1.22 bits per heavy atom. The predicted molar refractivity (Wildman–Crippen MR) is 65.8 cm³/mol. The molecule has 1 aromatic heterocycles. The van der Waals surface area contributed by atoms with Gasteiger partial charge in [0.2, 0.25) is 0 Å². The Kier molecular flexibility index (Phi) is 3.21. The van der Waals surface area contributed by atoms with Crippen molar-refractivity contribution in [2.75, 3.05) is 0 Å². The Morgan fingerprint density at radius 2 is 1.78 bits per heavy atom. The maximum Gasteiger partial charge on any atom is 0.514 e. The Hall–Kier alpha value is -0.975. The molecule has 18 heavy (non-hydrogen) atoms. The van der Waals surface area contributed by atoms with E-state index in [1.165, 1.54) is 12.1 Å². The van der Waals surface area contributed by atoms with Gasteiger partial charge in [0.25, 0.3) is 0 Å². The van der Waals surface area contributed by atoms with Crippen LogP contribution in [0, 0.1) is 5.82 Å². The molecule has 6 heteroatoms. The number of hydrogen-bond donors (Lipinski definition) is 1. The normalized spacial score (nSPS) is 21.3. The van der Waals surface area contributed by atoms with Gasteiger partial charge in [-0.25, -0.2) is 4.39 Å². The molecule has 0 amide bonds. The zero-order chi connectivity index (χ0) is 13.6. The summed E-state index contributed by atoms with van der Waals surface area (Å²) in [5.74, 6) is -0.530. The number of nitrogens with zero attached hydrogens (tertiary/aromatic N) is 1. The van der Waals surface area contributed by atoms with Gasteiger partial charge in [0, 0.05) is 0 Å². The Balaban J connectivity index is 2.30. The van der Waals surface area contributed by atoms with Crippen LogP contribution in [0.15, 0.2) is 12.1 Å². The van der Waals surface area contributed by atoms with E-state index in [0.29, 0.717) is 5.59 Å². The van der Waals surface area contributed by atoms with Crippen molar-refractivity contribution in [2.24, 2.45) is 0 Å². The van der Waals surface area contributed by atoms with Crippen LogP contribution >= 0.6 is 0 Å². The highest BCUT2D eigenvalue weighted by Crippen LogP contribution is 2.36. The van der Waals surface area contributed by atoms with Crippen LogP contribution in [0.2, 0.25) is 0 Å². The third kappa shape index (κ3) is 2.16. The zero-order valence-corrected chi connectivity index (χ0v) is 11.0. The molecule has 1 aliphatic heterocycles. The molecule has 0 unspecified atom stereocenters. The van der Waals surface area contributed by atoms with Gasteiger partial charge < -0.3 is 14.4 Å². The van der Waals surface area contributed by atoms with E-state index in [9.17, 15) is 4.39 Å². The smallest absolute Gasteiger partial charge is 0.398 e. The van der Waals surface area contributed by atoms with Crippen LogP contribution in [0.3, 0.4) is 0 Å². The first-order valence-electron chi connectivity index (χ1n) is 5.88. The first-order valence-corrected chi connectivity index (χ1v) is 5.88. The Bertz CT molecular complexity index is 449. The highest BCUT2D eigenvalue weighted by atomic mass is 19.1. The number of hydrogen-bond acceptors (Lipinski definition) is 4. The molecule has 98 valence electrons. The minimum absolute atomic E-state index is 0.00205. The zero-order valence-electron chi connectivity index (χ0n) is 11.0. The third-order valence-corrected chi connectivity index (χ3v) is 3.58. The minimum Gasteiger partial charge on any atom is -0.398 e.